The second-order valence-corrected chi connectivity index (χ2v) is 10.9. The van der Waals surface area contributed by atoms with Crippen molar-refractivity contribution in [3.05, 3.63) is 41.0 Å². The summed E-state index contributed by atoms with van der Waals surface area (Å²) in [6.45, 7) is 7.52. The lowest BCUT2D eigenvalue weighted by atomic mass is 10.1. The predicted octanol–water partition coefficient (Wildman–Crippen LogP) is 5.61. The third-order valence-electron chi connectivity index (χ3n) is 6.57. The lowest BCUT2D eigenvalue weighted by molar-refractivity contribution is 0.0952. The molecule has 2 N–H and O–H groups in total. The number of rotatable bonds is 8. The van der Waals surface area contributed by atoms with Gasteiger partial charge >= 0.3 is 0 Å². The molecule has 12 heteroatoms. The quantitative estimate of drug-likeness (QED) is 0.324. The molecule has 1 aromatic carbocycles. The first-order chi connectivity index (χ1) is 16.5. The lowest BCUT2D eigenvalue weighted by Crippen LogP contribution is -2.50. The van der Waals surface area contributed by atoms with Crippen molar-refractivity contribution in [1.29, 1.82) is 0 Å². The highest BCUT2D eigenvalue weighted by atomic mass is 35.5. The van der Waals surface area contributed by atoms with Gasteiger partial charge in [-0.05, 0) is 51.4 Å². The van der Waals surface area contributed by atoms with Gasteiger partial charge in [-0.15, -0.1) is 48.6 Å². The number of hydrogen-bond donors (Lipinski definition) is 2. The van der Waals surface area contributed by atoms with Crippen molar-refractivity contribution in [2.24, 2.45) is 0 Å². The van der Waals surface area contributed by atoms with Crippen molar-refractivity contribution in [3.8, 4) is 10.6 Å². The Bertz CT molecular complexity index is 1190. The van der Waals surface area contributed by atoms with Gasteiger partial charge in [0.15, 0.2) is 0 Å². The number of fused-ring (bicyclic) bond motifs is 1. The van der Waals surface area contributed by atoms with Crippen LogP contribution in [0.1, 0.15) is 36.5 Å². The van der Waals surface area contributed by atoms with E-state index in [2.05, 4.69) is 39.4 Å². The number of thiophene rings is 1. The molecule has 0 radical (unpaired) electrons. The molecular weight excluding hydrogens is 574 g/mol. The molecule has 0 bridgehead atoms. The fraction of sp³-hybridized carbons (Fsp3) is 0.480. The van der Waals surface area contributed by atoms with Crippen LogP contribution in [0.15, 0.2) is 30.5 Å². The van der Waals surface area contributed by atoms with Gasteiger partial charge in [0.05, 0.1) is 16.1 Å². The third kappa shape index (κ3) is 7.82. The average molecular weight is 608 g/mol. The van der Waals surface area contributed by atoms with E-state index in [1.165, 1.54) is 0 Å². The normalized spacial score (nSPS) is 17.9. The minimum Gasteiger partial charge on any atom is -0.354 e. The topological polar surface area (TPSA) is 73.4 Å². The number of likely N-dealkylation sites (N-methyl/N-ethyl adjacent to an activating group) is 1. The molecule has 3 heterocycles. The van der Waals surface area contributed by atoms with E-state index in [9.17, 15) is 4.79 Å². The second-order valence-electron chi connectivity index (χ2n) is 9.39. The summed E-state index contributed by atoms with van der Waals surface area (Å²) in [7, 11) is 2.19. The molecule has 2 aromatic heterocycles. The minimum absolute atomic E-state index is 0. The van der Waals surface area contributed by atoms with Crippen LogP contribution in [0.4, 0.5) is 5.95 Å². The van der Waals surface area contributed by atoms with E-state index < -0.39 is 0 Å². The fourth-order valence-corrected chi connectivity index (χ4v) is 5.82. The molecule has 1 aliphatic heterocycles. The molecule has 1 saturated heterocycles. The maximum absolute atomic E-state index is 12.7. The Hall–Kier alpha value is -1.39. The van der Waals surface area contributed by atoms with Crippen LogP contribution in [0.2, 0.25) is 5.02 Å². The summed E-state index contributed by atoms with van der Waals surface area (Å²) in [6.07, 6.45) is 4.81. The maximum atomic E-state index is 12.7. The predicted molar refractivity (Wildman–Crippen MR) is 162 cm³/mol. The van der Waals surface area contributed by atoms with Gasteiger partial charge < -0.3 is 15.5 Å². The van der Waals surface area contributed by atoms with Gasteiger partial charge in [0, 0.05) is 60.5 Å². The molecule has 2 fully saturated rings. The van der Waals surface area contributed by atoms with Gasteiger partial charge in [-0.25, -0.2) is 9.97 Å². The van der Waals surface area contributed by atoms with Crippen LogP contribution >= 0.6 is 60.2 Å². The standard InChI is InChI=1S/C25H31ClN6OS.3ClH/c1-16-15-31(2)11-12-32(16)10-4-9-27-25-28-14-20(26)23(30-25)22-13-19-18(5-3-6-21(19)34-22)24(33)29-17-7-8-17;;;/h3,5-6,13-14,16-17H,4,7-12,15H2,1-2H3,(H,29,33)(H,27,28,30);3*1H/t16-;;;/m1.../s1. The molecule has 37 heavy (non-hydrogen) atoms. The summed E-state index contributed by atoms with van der Waals surface area (Å²) in [5, 5.41) is 7.89. The average Bonchev–Trinajstić information content (AvgIpc) is 3.52. The molecule has 1 aliphatic carbocycles. The summed E-state index contributed by atoms with van der Waals surface area (Å²) in [5.41, 5.74) is 1.40. The Morgan fingerprint density at radius 1 is 1.22 bits per heavy atom. The lowest BCUT2D eigenvalue weighted by Gasteiger charge is -2.38. The van der Waals surface area contributed by atoms with E-state index in [1.54, 1.807) is 17.5 Å². The summed E-state index contributed by atoms with van der Waals surface area (Å²) in [5.74, 6) is 0.568. The molecule has 0 unspecified atom stereocenters. The molecule has 3 aromatic rings. The number of piperazine rings is 1. The molecule has 7 nitrogen and oxygen atoms in total. The van der Waals surface area contributed by atoms with Crippen molar-refractivity contribution < 1.29 is 4.79 Å². The number of carbonyl (C=O) groups excluding carboxylic acids is 1. The zero-order valence-corrected chi connectivity index (χ0v) is 24.9. The number of nitrogens with one attached hydrogen (secondary N) is 2. The number of nitrogens with zero attached hydrogens (tertiary/aromatic N) is 4. The van der Waals surface area contributed by atoms with Gasteiger partial charge in [0.1, 0.15) is 5.69 Å². The highest BCUT2D eigenvalue weighted by molar-refractivity contribution is 7.22. The Labute approximate surface area is 246 Å². The number of hydrogen-bond acceptors (Lipinski definition) is 7. The van der Waals surface area contributed by atoms with Crippen LogP contribution in [0, 0.1) is 0 Å². The number of halogens is 4. The molecule has 204 valence electrons. The van der Waals surface area contributed by atoms with Gasteiger partial charge in [-0.2, -0.15) is 0 Å². The van der Waals surface area contributed by atoms with Crippen molar-refractivity contribution >= 4 is 82.1 Å². The summed E-state index contributed by atoms with van der Waals surface area (Å²) >= 11 is 8.09. The fourth-order valence-electron chi connectivity index (χ4n) is 4.48. The van der Waals surface area contributed by atoms with Crippen LogP contribution < -0.4 is 10.6 Å². The monoisotopic (exact) mass is 606 g/mol. The van der Waals surface area contributed by atoms with Crippen LogP contribution in [0.5, 0.6) is 0 Å². The Morgan fingerprint density at radius 3 is 2.73 bits per heavy atom. The van der Waals surface area contributed by atoms with Gasteiger partial charge in [0.2, 0.25) is 5.95 Å². The van der Waals surface area contributed by atoms with E-state index in [0.717, 1.165) is 66.9 Å². The van der Waals surface area contributed by atoms with E-state index in [4.69, 9.17) is 16.6 Å². The van der Waals surface area contributed by atoms with Crippen molar-refractivity contribution in [2.45, 2.75) is 38.3 Å². The van der Waals surface area contributed by atoms with Gasteiger partial charge in [-0.3, -0.25) is 9.69 Å². The number of aromatic nitrogens is 2. The van der Waals surface area contributed by atoms with Gasteiger partial charge in [-0.1, -0.05) is 17.7 Å². The molecule has 0 spiro atoms. The second kappa shape index (κ2) is 14.1. The van der Waals surface area contributed by atoms with Gasteiger partial charge in [0.25, 0.3) is 5.91 Å². The first-order valence-electron chi connectivity index (χ1n) is 12.0. The zero-order chi connectivity index (χ0) is 23.7. The number of amides is 1. The highest BCUT2D eigenvalue weighted by Crippen LogP contribution is 2.37. The minimum atomic E-state index is -0.0109. The first kappa shape index (κ1) is 31.8. The van der Waals surface area contributed by atoms with Crippen LogP contribution in [-0.2, 0) is 0 Å². The van der Waals surface area contributed by atoms with Crippen molar-refractivity contribution in [2.75, 3.05) is 45.1 Å². The molecular formula is C25H34Cl4N6OS. The Kier molecular flexibility index (Phi) is 12.1. The van der Waals surface area contributed by atoms with Crippen molar-refractivity contribution in [1.82, 2.24) is 25.1 Å². The zero-order valence-electron chi connectivity index (χ0n) is 20.9. The van der Waals surface area contributed by atoms with Crippen molar-refractivity contribution in [3.63, 3.8) is 0 Å². The molecule has 1 atom stereocenters. The molecule has 2 aliphatic rings. The first-order valence-corrected chi connectivity index (χ1v) is 13.2. The smallest absolute Gasteiger partial charge is 0.252 e. The third-order valence-corrected chi connectivity index (χ3v) is 7.95. The molecule has 1 saturated carbocycles. The summed E-state index contributed by atoms with van der Waals surface area (Å²) in [4.78, 5) is 27.7. The summed E-state index contributed by atoms with van der Waals surface area (Å²) in [6, 6.07) is 8.78. The van der Waals surface area contributed by atoms with Crippen LogP contribution in [0.3, 0.4) is 0 Å². The largest absolute Gasteiger partial charge is 0.354 e. The Morgan fingerprint density at radius 2 is 2.00 bits per heavy atom. The highest BCUT2D eigenvalue weighted by Gasteiger charge is 2.25. The summed E-state index contributed by atoms with van der Waals surface area (Å²) < 4.78 is 1.05. The molecule has 5 rings (SSSR count). The Balaban J connectivity index is 0.00000160. The number of benzene rings is 1. The SMILES string of the molecule is C[C@@H]1CN(C)CCN1CCCNc1ncc(Cl)c(-c2cc3c(C(=O)NC4CC4)cccc3s2)n1.Cl.Cl.Cl. The van der Waals surface area contributed by atoms with Crippen LogP contribution in [-0.4, -0.2) is 77.5 Å². The molecule has 1 amide bonds. The van der Waals surface area contributed by atoms with E-state index in [0.29, 0.717) is 34.3 Å². The van der Waals surface area contributed by atoms with Crippen LogP contribution in [0.25, 0.3) is 20.7 Å². The number of carbonyl (C=O) groups is 1. The van der Waals surface area contributed by atoms with E-state index in [1.807, 2.05) is 24.3 Å². The number of anilines is 1. The maximum Gasteiger partial charge on any atom is 0.252 e. The van der Waals surface area contributed by atoms with E-state index in [-0.39, 0.29) is 43.1 Å². The van der Waals surface area contributed by atoms with E-state index >= 15 is 0 Å².